The summed E-state index contributed by atoms with van der Waals surface area (Å²) in [6, 6.07) is 4.87. The Morgan fingerprint density at radius 2 is 1.95 bits per heavy atom. The van der Waals surface area contributed by atoms with Crippen LogP contribution in [-0.4, -0.2) is 31.5 Å². The summed E-state index contributed by atoms with van der Waals surface area (Å²) in [5.74, 6) is -1.53. The summed E-state index contributed by atoms with van der Waals surface area (Å²) in [5, 5.41) is 14.4. The van der Waals surface area contributed by atoms with Crippen LogP contribution in [0.4, 0.5) is 5.69 Å². The maximum absolute atomic E-state index is 12.0. The van der Waals surface area contributed by atoms with Crippen LogP contribution in [0.2, 0.25) is 10.0 Å². The molecular formula is C14H16Cl2N2O3. The molecule has 0 spiro atoms. The zero-order valence-electron chi connectivity index (χ0n) is 11.3. The van der Waals surface area contributed by atoms with Crippen molar-refractivity contribution in [2.75, 3.05) is 25.0 Å². The molecule has 2 rings (SSSR count). The maximum atomic E-state index is 12.0. The van der Waals surface area contributed by atoms with E-state index in [2.05, 4.69) is 5.32 Å². The highest BCUT2D eigenvalue weighted by Gasteiger charge is 2.24. The summed E-state index contributed by atoms with van der Waals surface area (Å²) in [5.41, 5.74) is 0.523. The van der Waals surface area contributed by atoms with Crippen LogP contribution >= 0.6 is 23.2 Å². The Balaban J connectivity index is 1.84. The Kier molecular flexibility index (Phi) is 5.45. The molecule has 1 aliphatic heterocycles. The van der Waals surface area contributed by atoms with Crippen LogP contribution in [0.5, 0.6) is 0 Å². The van der Waals surface area contributed by atoms with E-state index in [4.69, 9.17) is 23.2 Å². The number of hydrogen-bond donors (Lipinski definition) is 2. The zero-order valence-corrected chi connectivity index (χ0v) is 12.8. The number of halogens is 2. The lowest BCUT2D eigenvalue weighted by atomic mass is 9.97. The SMILES string of the molecule is O=C(C[NH+]1CCC(C(=O)[O-])CC1)Nc1ccc(Cl)cc1Cl. The minimum atomic E-state index is -0.994. The molecule has 0 saturated carbocycles. The number of carboxylic acids is 1. The van der Waals surface area contributed by atoms with E-state index in [1.54, 1.807) is 18.2 Å². The van der Waals surface area contributed by atoms with Crippen LogP contribution in [-0.2, 0) is 9.59 Å². The van der Waals surface area contributed by atoms with Gasteiger partial charge in [0.1, 0.15) is 0 Å². The molecular weight excluding hydrogens is 315 g/mol. The minimum absolute atomic E-state index is 0.152. The molecule has 0 unspecified atom stereocenters. The summed E-state index contributed by atoms with van der Waals surface area (Å²) >= 11 is 11.8. The van der Waals surface area contributed by atoms with Crippen LogP contribution in [0.1, 0.15) is 12.8 Å². The molecule has 1 amide bonds. The Hall–Kier alpha value is -1.30. The number of carbonyl (C=O) groups excluding carboxylic acids is 2. The van der Waals surface area contributed by atoms with Crippen molar-refractivity contribution < 1.29 is 19.6 Å². The molecule has 1 fully saturated rings. The number of quaternary nitrogens is 1. The second-order valence-electron chi connectivity index (χ2n) is 5.19. The van der Waals surface area contributed by atoms with Crippen molar-refractivity contribution in [3.63, 3.8) is 0 Å². The van der Waals surface area contributed by atoms with E-state index < -0.39 is 5.97 Å². The third-order valence-electron chi connectivity index (χ3n) is 3.64. The lowest BCUT2D eigenvalue weighted by Crippen LogP contribution is -3.14. The summed E-state index contributed by atoms with van der Waals surface area (Å²) in [4.78, 5) is 23.8. The van der Waals surface area contributed by atoms with Gasteiger partial charge in [-0.3, -0.25) is 4.79 Å². The number of hydrogen-bond acceptors (Lipinski definition) is 3. The number of piperidine rings is 1. The van der Waals surface area contributed by atoms with E-state index in [-0.39, 0.29) is 11.8 Å². The van der Waals surface area contributed by atoms with Crippen LogP contribution in [0, 0.1) is 5.92 Å². The van der Waals surface area contributed by atoms with E-state index >= 15 is 0 Å². The van der Waals surface area contributed by atoms with E-state index in [1.807, 2.05) is 0 Å². The first kappa shape index (κ1) is 16.1. The lowest BCUT2D eigenvalue weighted by Gasteiger charge is -2.29. The first-order valence-corrected chi connectivity index (χ1v) is 7.50. The lowest BCUT2D eigenvalue weighted by molar-refractivity contribution is -0.897. The normalized spacial score (nSPS) is 21.8. The largest absolute Gasteiger partial charge is 0.550 e. The molecule has 0 radical (unpaired) electrons. The number of likely N-dealkylation sites (tertiary alicyclic amines) is 1. The number of anilines is 1. The van der Waals surface area contributed by atoms with Crippen molar-refractivity contribution >= 4 is 40.8 Å². The summed E-state index contributed by atoms with van der Waals surface area (Å²) in [6.07, 6.45) is 1.10. The molecule has 21 heavy (non-hydrogen) atoms. The number of rotatable bonds is 4. The Morgan fingerprint density at radius 1 is 1.29 bits per heavy atom. The standard InChI is InChI=1S/C14H16Cl2N2O3/c15-10-1-2-12(11(16)7-10)17-13(19)8-18-5-3-9(4-6-18)14(20)21/h1-2,7,9H,3-6,8H2,(H,17,19)(H,20,21). The van der Waals surface area contributed by atoms with E-state index in [0.29, 0.717) is 48.2 Å². The molecule has 1 aliphatic rings. The molecule has 0 aliphatic carbocycles. The van der Waals surface area contributed by atoms with Crippen molar-refractivity contribution in [1.29, 1.82) is 0 Å². The highest BCUT2D eigenvalue weighted by molar-refractivity contribution is 6.36. The zero-order chi connectivity index (χ0) is 15.4. The van der Waals surface area contributed by atoms with Crippen molar-refractivity contribution in [3.8, 4) is 0 Å². The highest BCUT2D eigenvalue weighted by Crippen LogP contribution is 2.25. The van der Waals surface area contributed by atoms with Gasteiger partial charge in [0, 0.05) is 29.8 Å². The molecule has 0 bridgehead atoms. The molecule has 0 atom stereocenters. The van der Waals surface area contributed by atoms with Crippen LogP contribution in [0.25, 0.3) is 0 Å². The van der Waals surface area contributed by atoms with Crippen molar-refractivity contribution in [2.45, 2.75) is 12.8 Å². The second kappa shape index (κ2) is 7.11. The molecule has 1 saturated heterocycles. The number of nitrogens with one attached hydrogen (secondary N) is 2. The van der Waals surface area contributed by atoms with Gasteiger partial charge in [0.2, 0.25) is 0 Å². The third kappa shape index (κ3) is 4.59. The predicted octanol–water partition coefficient (Wildman–Crippen LogP) is -0.0233. The summed E-state index contributed by atoms with van der Waals surface area (Å²) < 4.78 is 0. The third-order valence-corrected chi connectivity index (χ3v) is 4.19. The quantitative estimate of drug-likeness (QED) is 0.814. The fourth-order valence-corrected chi connectivity index (χ4v) is 2.91. The second-order valence-corrected chi connectivity index (χ2v) is 6.04. The first-order chi connectivity index (χ1) is 9.95. The van der Waals surface area contributed by atoms with Gasteiger partial charge < -0.3 is 20.1 Å². The highest BCUT2D eigenvalue weighted by atomic mass is 35.5. The fourth-order valence-electron chi connectivity index (χ4n) is 2.45. The van der Waals surface area contributed by atoms with Crippen molar-refractivity contribution in [3.05, 3.63) is 28.2 Å². The van der Waals surface area contributed by atoms with Gasteiger partial charge in [-0.2, -0.15) is 0 Å². The van der Waals surface area contributed by atoms with Gasteiger partial charge in [-0.25, -0.2) is 0 Å². The van der Waals surface area contributed by atoms with Crippen LogP contribution in [0.3, 0.4) is 0 Å². The predicted molar refractivity (Wildman–Crippen MR) is 78.4 cm³/mol. The van der Waals surface area contributed by atoms with Crippen molar-refractivity contribution in [2.24, 2.45) is 5.92 Å². The van der Waals surface area contributed by atoms with Gasteiger partial charge in [0.15, 0.2) is 6.54 Å². The van der Waals surface area contributed by atoms with Gasteiger partial charge in [-0.15, -0.1) is 0 Å². The van der Waals surface area contributed by atoms with E-state index in [0.717, 1.165) is 4.90 Å². The van der Waals surface area contributed by atoms with Gasteiger partial charge >= 0.3 is 0 Å². The monoisotopic (exact) mass is 330 g/mol. The molecule has 1 aromatic rings. The van der Waals surface area contributed by atoms with E-state index in [1.165, 1.54) is 0 Å². The van der Waals surface area contributed by atoms with Gasteiger partial charge in [0.05, 0.1) is 23.8 Å². The number of carboxylic acid groups (broad SMARTS) is 1. The van der Waals surface area contributed by atoms with Gasteiger partial charge in [-0.1, -0.05) is 23.2 Å². The van der Waals surface area contributed by atoms with Crippen LogP contribution < -0.4 is 15.3 Å². The maximum Gasteiger partial charge on any atom is 0.279 e. The Labute approximate surface area is 132 Å². The number of amides is 1. The molecule has 1 heterocycles. The molecule has 114 valence electrons. The topological polar surface area (TPSA) is 73.7 Å². The molecule has 0 aromatic heterocycles. The molecule has 5 nitrogen and oxygen atoms in total. The Bertz CT molecular complexity index is 543. The average molecular weight is 331 g/mol. The number of aliphatic carboxylic acids is 1. The fraction of sp³-hybridized carbons (Fsp3) is 0.429. The molecule has 1 aromatic carbocycles. The van der Waals surface area contributed by atoms with Crippen molar-refractivity contribution in [1.82, 2.24) is 0 Å². The first-order valence-electron chi connectivity index (χ1n) is 6.75. The average Bonchev–Trinajstić information content (AvgIpc) is 2.42. The minimum Gasteiger partial charge on any atom is -0.550 e. The Morgan fingerprint density at radius 3 is 2.52 bits per heavy atom. The summed E-state index contributed by atoms with van der Waals surface area (Å²) in [6.45, 7) is 1.60. The smallest absolute Gasteiger partial charge is 0.279 e. The van der Waals surface area contributed by atoms with Gasteiger partial charge in [-0.05, 0) is 18.2 Å². The molecule has 2 N–H and O–H groups in total. The van der Waals surface area contributed by atoms with E-state index in [9.17, 15) is 14.7 Å². The summed E-state index contributed by atoms with van der Waals surface area (Å²) in [7, 11) is 0. The molecule has 7 heteroatoms. The van der Waals surface area contributed by atoms with Gasteiger partial charge in [0.25, 0.3) is 5.91 Å². The number of carbonyl (C=O) groups is 2. The number of benzene rings is 1. The van der Waals surface area contributed by atoms with Crippen LogP contribution in [0.15, 0.2) is 18.2 Å².